The van der Waals surface area contributed by atoms with Crippen molar-refractivity contribution < 1.29 is 14.0 Å². The zero-order valence-electron chi connectivity index (χ0n) is 12.2. The lowest BCUT2D eigenvalue weighted by Gasteiger charge is -2.14. The Morgan fingerprint density at radius 1 is 1.29 bits per heavy atom. The van der Waals surface area contributed by atoms with Crippen molar-refractivity contribution in [1.82, 2.24) is 9.88 Å². The summed E-state index contributed by atoms with van der Waals surface area (Å²) in [7, 11) is 1.70. The minimum absolute atomic E-state index is 0.0946. The van der Waals surface area contributed by atoms with Crippen molar-refractivity contribution in [1.29, 1.82) is 0 Å². The molecule has 1 aromatic heterocycles. The average molecular weight is 288 g/mol. The highest BCUT2D eigenvalue weighted by Gasteiger charge is 2.16. The van der Waals surface area contributed by atoms with Gasteiger partial charge in [0, 0.05) is 18.8 Å². The molecule has 21 heavy (non-hydrogen) atoms. The number of nitrogens with zero attached hydrogens (tertiary/aromatic N) is 1. The second-order valence-electron chi connectivity index (χ2n) is 5.03. The SMILES string of the molecule is CC(=O)c1cc(C(=O)N[C@@H](C)c2cccc(F)c2)n(C)c1. The summed E-state index contributed by atoms with van der Waals surface area (Å²) in [4.78, 5) is 23.6. The van der Waals surface area contributed by atoms with E-state index >= 15 is 0 Å². The molecular formula is C16H17FN2O2. The monoisotopic (exact) mass is 288 g/mol. The van der Waals surface area contributed by atoms with Gasteiger partial charge in [0.05, 0.1) is 6.04 Å². The Morgan fingerprint density at radius 3 is 2.57 bits per heavy atom. The fourth-order valence-electron chi connectivity index (χ4n) is 2.11. The Bertz CT molecular complexity index is 691. The highest BCUT2D eigenvalue weighted by atomic mass is 19.1. The van der Waals surface area contributed by atoms with Gasteiger partial charge in [0.2, 0.25) is 0 Å². The third kappa shape index (κ3) is 3.37. The molecule has 0 spiro atoms. The maximum atomic E-state index is 13.2. The van der Waals surface area contributed by atoms with E-state index in [-0.39, 0.29) is 23.5 Å². The quantitative estimate of drug-likeness (QED) is 0.879. The summed E-state index contributed by atoms with van der Waals surface area (Å²) >= 11 is 0. The van der Waals surface area contributed by atoms with Crippen LogP contribution in [0.2, 0.25) is 0 Å². The smallest absolute Gasteiger partial charge is 0.268 e. The average Bonchev–Trinajstić information content (AvgIpc) is 2.81. The van der Waals surface area contributed by atoms with E-state index < -0.39 is 0 Å². The maximum absolute atomic E-state index is 13.2. The van der Waals surface area contributed by atoms with Gasteiger partial charge in [-0.1, -0.05) is 12.1 Å². The van der Waals surface area contributed by atoms with Crippen molar-refractivity contribution in [2.75, 3.05) is 0 Å². The number of Topliss-reactive ketones (excluding diaryl/α,β-unsaturated/α-hetero) is 1. The largest absolute Gasteiger partial charge is 0.346 e. The maximum Gasteiger partial charge on any atom is 0.268 e. The Kier molecular flexibility index (Phi) is 4.21. The molecule has 1 heterocycles. The van der Waals surface area contributed by atoms with Crippen molar-refractivity contribution in [2.24, 2.45) is 7.05 Å². The molecule has 2 rings (SSSR count). The topological polar surface area (TPSA) is 51.1 Å². The van der Waals surface area contributed by atoms with Crippen molar-refractivity contribution >= 4 is 11.7 Å². The second-order valence-corrected chi connectivity index (χ2v) is 5.03. The molecule has 0 fully saturated rings. The lowest BCUT2D eigenvalue weighted by Crippen LogP contribution is -2.28. The molecule has 0 unspecified atom stereocenters. The Morgan fingerprint density at radius 2 is 2.00 bits per heavy atom. The number of carbonyl (C=O) groups excluding carboxylic acids is 2. The number of amides is 1. The molecule has 0 aliphatic heterocycles. The lowest BCUT2D eigenvalue weighted by atomic mass is 10.1. The van der Waals surface area contributed by atoms with E-state index in [0.717, 1.165) is 0 Å². The molecule has 4 nitrogen and oxygen atoms in total. The van der Waals surface area contributed by atoms with Crippen LogP contribution in [-0.4, -0.2) is 16.3 Å². The molecule has 1 aromatic carbocycles. The third-order valence-electron chi connectivity index (χ3n) is 3.34. The number of hydrogen-bond donors (Lipinski definition) is 1. The van der Waals surface area contributed by atoms with Crippen LogP contribution < -0.4 is 5.32 Å². The predicted molar refractivity (Wildman–Crippen MR) is 77.7 cm³/mol. The molecule has 110 valence electrons. The Balaban J connectivity index is 2.16. The molecule has 0 bridgehead atoms. The minimum Gasteiger partial charge on any atom is -0.346 e. The van der Waals surface area contributed by atoms with Crippen LogP contribution in [0, 0.1) is 5.82 Å². The zero-order chi connectivity index (χ0) is 15.6. The number of ketones is 1. The number of benzene rings is 1. The number of nitrogens with one attached hydrogen (secondary N) is 1. The summed E-state index contributed by atoms with van der Waals surface area (Å²) < 4.78 is 14.8. The van der Waals surface area contributed by atoms with E-state index in [9.17, 15) is 14.0 Å². The van der Waals surface area contributed by atoms with Gasteiger partial charge in [0.1, 0.15) is 11.5 Å². The molecule has 2 aromatic rings. The fourth-order valence-corrected chi connectivity index (χ4v) is 2.11. The molecular weight excluding hydrogens is 271 g/mol. The summed E-state index contributed by atoms with van der Waals surface area (Å²) in [6, 6.07) is 7.31. The van der Waals surface area contributed by atoms with E-state index in [1.807, 2.05) is 0 Å². The highest BCUT2D eigenvalue weighted by Crippen LogP contribution is 2.15. The van der Waals surface area contributed by atoms with Crippen LogP contribution in [-0.2, 0) is 7.05 Å². The van der Waals surface area contributed by atoms with Gasteiger partial charge >= 0.3 is 0 Å². The normalized spacial score (nSPS) is 12.0. The molecule has 5 heteroatoms. The molecule has 0 aliphatic carbocycles. The standard InChI is InChI=1S/C16H17FN2O2/c1-10(12-5-4-6-14(17)7-12)18-16(21)15-8-13(11(2)20)9-19(15)3/h4-10H,1-3H3,(H,18,21)/t10-/m0/s1. The number of aryl methyl sites for hydroxylation is 1. The van der Waals surface area contributed by atoms with Crippen LogP contribution in [0.25, 0.3) is 0 Å². The van der Waals surface area contributed by atoms with Crippen LogP contribution in [0.15, 0.2) is 36.5 Å². The van der Waals surface area contributed by atoms with Gasteiger partial charge < -0.3 is 9.88 Å². The Labute approximate surface area is 122 Å². The molecule has 0 aliphatic rings. The van der Waals surface area contributed by atoms with Crippen molar-refractivity contribution in [3.63, 3.8) is 0 Å². The molecule has 1 N–H and O–H groups in total. The van der Waals surface area contributed by atoms with E-state index in [2.05, 4.69) is 5.32 Å². The van der Waals surface area contributed by atoms with E-state index in [1.165, 1.54) is 19.1 Å². The minimum atomic E-state index is -0.341. The summed E-state index contributed by atoms with van der Waals surface area (Å²) in [5.74, 6) is -0.740. The van der Waals surface area contributed by atoms with Gasteiger partial charge in [0.15, 0.2) is 5.78 Å². The van der Waals surface area contributed by atoms with Crippen LogP contribution in [0.1, 0.15) is 46.3 Å². The number of hydrogen-bond acceptors (Lipinski definition) is 2. The zero-order valence-corrected chi connectivity index (χ0v) is 12.2. The summed E-state index contributed by atoms with van der Waals surface area (Å²) in [6.07, 6.45) is 1.62. The van der Waals surface area contributed by atoms with Crippen LogP contribution in [0.5, 0.6) is 0 Å². The molecule has 0 radical (unpaired) electrons. The first-order valence-corrected chi connectivity index (χ1v) is 6.62. The lowest BCUT2D eigenvalue weighted by molar-refractivity contribution is 0.0931. The number of halogens is 1. The second kappa shape index (κ2) is 5.91. The van der Waals surface area contributed by atoms with Gasteiger partial charge in [-0.3, -0.25) is 9.59 Å². The first kappa shape index (κ1) is 15.0. The highest BCUT2D eigenvalue weighted by molar-refractivity contribution is 5.99. The fraction of sp³-hybridized carbons (Fsp3) is 0.250. The summed E-state index contributed by atoms with van der Waals surface area (Å²) in [5, 5.41) is 2.80. The summed E-state index contributed by atoms with van der Waals surface area (Å²) in [5.41, 5.74) is 1.56. The first-order chi connectivity index (χ1) is 9.88. The number of carbonyl (C=O) groups is 2. The van der Waals surface area contributed by atoms with Gasteiger partial charge in [-0.05, 0) is 37.6 Å². The Hall–Kier alpha value is -2.43. The third-order valence-corrected chi connectivity index (χ3v) is 3.34. The predicted octanol–water partition coefficient (Wildman–Crippen LogP) is 2.86. The van der Waals surface area contributed by atoms with Crippen molar-refractivity contribution in [3.05, 3.63) is 59.2 Å². The van der Waals surface area contributed by atoms with Crippen molar-refractivity contribution in [3.8, 4) is 0 Å². The molecule has 1 amide bonds. The van der Waals surface area contributed by atoms with Crippen molar-refractivity contribution in [2.45, 2.75) is 19.9 Å². The van der Waals surface area contributed by atoms with Gasteiger partial charge in [-0.25, -0.2) is 4.39 Å². The van der Waals surface area contributed by atoms with E-state index in [1.54, 1.807) is 42.9 Å². The summed E-state index contributed by atoms with van der Waals surface area (Å²) in [6.45, 7) is 3.23. The molecule has 1 atom stereocenters. The molecule has 0 saturated carbocycles. The first-order valence-electron chi connectivity index (χ1n) is 6.62. The number of aromatic nitrogens is 1. The van der Waals surface area contributed by atoms with E-state index in [4.69, 9.17) is 0 Å². The van der Waals surface area contributed by atoms with Gasteiger partial charge in [0.25, 0.3) is 5.91 Å². The van der Waals surface area contributed by atoms with Gasteiger partial charge in [-0.15, -0.1) is 0 Å². The molecule has 0 saturated heterocycles. The van der Waals surface area contributed by atoms with Crippen LogP contribution >= 0.6 is 0 Å². The van der Waals surface area contributed by atoms with Crippen LogP contribution in [0.4, 0.5) is 4.39 Å². The number of rotatable bonds is 4. The van der Waals surface area contributed by atoms with Gasteiger partial charge in [-0.2, -0.15) is 0 Å². The van der Waals surface area contributed by atoms with Crippen LogP contribution in [0.3, 0.4) is 0 Å². The van der Waals surface area contributed by atoms with E-state index in [0.29, 0.717) is 16.8 Å².